The van der Waals surface area contributed by atoms with Gasteiger partial charge in [-0.3, -0.25) is 9.78 Å². The van der Waals surface area contributed by atoms with Crippen LogP contribution in [0.4, 0.5) is 0 Å². The number of pyridine rings is 1. The molecule has 1 N–H and O–H groups in total. The predicted octanol–water partition coefficient (Wildman–Crippen LogP) is 6.86. The SMILES string of the molecule is COc1ccc2ncc(Cl)c(CCCC3(C(=O)O)CCN(CCCc4ccccc4)CC3)c2c1.Cl.Cl. The molecule has 3 aromatic rings. The van der Waals surface area contributed by atoms with Crippen LogP contribution in [0.2, 0.25) is 5.02 Å². The molecule has 0 amide bonds. The summed E-state index contributed by atoms with van der Waals surface area (Å²) in [5, 5.41) is 11.7. The van der Waals surface area contributed by atoms with Crippen LogP contribution in [-0.4, -0.2) is 47.7 Å². The van der Waals surface area contributed by atoms with Gasteiger partial charge in [-0.25, -0.2) is 0 Å². The zero-order chi connectivity index (χ0) is 24.0. The molecule has 1 aliphatic rings. The van der Waals surface area contributed by atoms with Crippen molar-refractivity contribution in [2.75, 3.05) is 26.7 Å². The van der Waals surface area contributed by atoms with Gasteiger partial charge in [0.2, 0.25) is 0 Å². The predicted molar refractivity (Wildman–Crippen MR) is 151 cm³/mol. The zero-order valence-corrected chi connectivity index (χ0v) is 23.0. The summed E-state index contributed by atoms with van der Waals surface area (Å²) in [5.74, 6) is 0.100. The highest BCUT2D eigenvalue weighted by Crippen LogP contribution is 2.38. The molecule has 0 spiro atoms. The monoisotopic (exact) mass is 552 g/mol. The lowest BCUT2D eigenvalue weighted by atomic mass is 9.74. The molecule has 0 saturated carbocycles. The number of carbonyl (C=O) groups is 1. The first-order valence-electron chi connectivity index (χ1n) is 12.1. The maximum atomic E-state index is 12.3. The lowest BCUT2D eigenvalue weighted by Gasteiger charge is -2.39. The van der Waals surface area contributed by atoms with Crippen molar-refractivity contribution in [3.05, 3.63) is 70.9 Å². The lowest BCUT2D eigenvalue weighted by Crippen LogP contribution is -2.44. The van der Waals surface area contributed by atoms with Crippen molar-refractivity contribution < 1.29 is 14.6 Å². The number of halogens is 3. The van der Waals surface area contributed by atoms with Crippen LogP contribution in [0, 0.1) is 5.41 Å². The first-order chi connectivity index (χ1) is 16.5. The van der Waals surface area contributed by atoms with Crippen LogP contribution in [-0.2, 0) is 17.6 Å². The van der Waals surface area contributed by atoms with Gasteiger partial charge in [0, 0.05) is 11.6 Å². The third-order valence-electron chi connectivity index (χ3n) is 7.27. The number of piperidine rings is 1. The Morgan fingerprint density at radius 3 is 2.47 bits per heavy atom. The van der Waals surface area contributed by atoms with Crippen molar-refractivity contribution >= 4 is 53.3 Å². The minimum absolute atomic E-state index is 0. The molecule has 1 aliphatic heterocycles. The molecule has 0 aliphatic carbocycles. The van der Waals surface area contributed by atoms with Crippen LogP contribution in [0.3, 0.4) is 0 Å². The van der Waals surface area contributed by atoms with Gasteiger partial charge in [-0.15, -0.1) is 24.8 Å². The second-order valence-electron chi connectivity index (χ2n) is 9.34. The average Bonchev–Trinajstić information content (AvgIpc) is 2.86. The second-order valence-corrected chi connectivity index (χ2v) is 9.74. The van der Waals surface area contributed by atoms with Crippen molar-refractivity contribution in [3.8, 4) is 5.75 Å². The Kier molecular flexibility index (Phi) is 11.8. The van der Waals surface area contributed by atoms with E-state index in [1.165, 1.54) is 5.56 Å². The highest BCUT2D eigenvalue weighted by Gasteiger charge is 2.40. The van der Waals surface area contributed by atoms with Crippen LogP contribution in [0.15, 0.2) is 54.7 Å². The van der Waals surface area contributed by atoms with Gasteiger partial charge in [0.05, 0.1) is 23.1 Å². The standard InChI is InChI=1S/C28H33ClN2O3.2ClH/c1-34-22-11-12-26-24(19-22)23(25(29)20-30-26)10-5-13-28(27(32)33)14-17-31(18-15-28)16-6-9-21-7-3-2-4-8-21;;/h2-4,7-8,11-12,19-20H,5-6,9-10,13-18H2,1H3,(H,32,33);2*1H. The average molecular weight is 554 g/mol. The molecular formula is C28H35Cl3N2O3. The van der Waals surface area contributed by atoms with Crippen molar-refractivity contribution in [1.29, 1.82) is 0 Å². The number of likely N-dealkylation sites (tertiary alicyclic amines) is 1. The number of aryl methyl sites for hydroxylation is 2. The number of methoxy groups -OCH3 is 1. The number of aliphatic carboxylic acids is 1. The van der Waals surface area contributed by atoms with Crippen LogP contribution in [0.5, 0.6) is 5.75 Å². The summed E-state index contributed by atoms with van der Waals surface area (Å²) >= 11 is 6.50. The summed E-state index contributed by atoms with van der Waals surface area (Å²) in [5.41, 5.74) is 2.60. The molecule has 2 heterocycles. The van der Waals surface area contributed by atoms with E-state index in [9.17, 15) is 9.90 Å². The summed E-state index contributed by atoms with van der Waals surface area (Å²) < 4.78 is 5.37. The van der Waals surface area contributed by atoms with E-state index >= 15 is 0 Å². The molecule has 0 unspecified atom stereocenters. The molecule has 0 bridgehead atoms. The Bertz CT molecular complexity index is 1120. The molecule has 4 rings (SSSR count). The van der Waals surface area contributed by atoms with Gasteiger partial charge in [0.15, 0.2) is 0 Å². The smallest absolute Gasteiger partial charge is 0.309 e. The fourth-order valence-corrected chi connectivity index (χ4v) is 5.36. The van der Waals surface area contributed by atoms with Crippen molar-refractivity contribution in [2.24, 2.45) is 5.41 Å². The summed E-state index contributed by atoms with van der Waals surface area (Å²) in [7, 11) is 1.64. The second kappa shape index (κ2) is 14.0. The number of fused-ring (bicyclic) bond motifs is 1. The van der Waals surface area contributed by atoms with E-state index in [0.717, 1.165) is 67.5 Å². The van der Waals surface area contributed by atoms with Crippen molar-refractivity contribution in [2.45, 2.75) is 44.9 Å². The van der Waals surface area contributed by atoms with Crippen LogP contribution in [0.25, 0.3) is 10.9 Å². The maximum Gasteiger partial charge on any atom is 0.309 e. The summed E-state index contributed by atoms with van der Waals surface area (Å²) in [4.78, 5) is 19.2. The summed E-state index contributed by atoms with van der Waals surface area (Å²) in [6, 6.07) is 16.3. The van der Waals surface area contributed by atoms with E-state index in [-0.39, 0.29) is 24.8 Å². The first kappa shape index (κ1) is 30.2. The van der Waals surface area contributed by atoms with Gasteiger partial charge < -0.3 is 14.7 Å². The van der Waals surface area contributed by atoms with E-state index in [4.69, 9.17) is 16.3 Å². The lowest BCUT2D eigenvalue weighted by molar-refractivity contribution is -0.152. The van der Waals surface area contributed by atoms with Gasteiger partial charge in [0.25, 0.3) is 0 Å². The largest absolute Gasteiger partial charge is 0.497 e. The highest BCUT2D eigenvalue weighted by atomic mass is 35.5. The topological polar surface area (TPSA) is 62.7 Å². The summed E-state index contributed by atoms with van der Waals surface area (Å²) in [6.45, 7) is 2.71. The van der Waals surface area contributed by atoms with Crippen molar-refractivity contribution in [3.63, 3.8) is 0 Å². The number of hydrogen-bond acceptors (Lipinski definition) is 4. The van der Waals surface area contributed by atoms with E-state index in [2.05, 4.69) is 34.1 Å². The Morgan fingerprint density at radius 1 is 1.08 bits per heavy atom. The zero-order valence-electron chi connectivity index (χ0n) is 20.6. The molecule has 5 nitrogen and oxygen atoms in total. The van der Waals surface area contributed by atoms with Crippen LogP contribution >= 0.6 is 36.4 Å². The number of carboxylic acid groups (broad SMARTS) is 1. The Balaban J connectivity index is 0.00000228. The van der Waals surface area contributed by atoms with Gasteiger partial charge in [-0.2, -0.15) is 0 Å². The van der Waals surface area contributed by atoms with Gasteiger partial charge in [0.1, 0.15) is 5.75 Å². The minimum atomic E-state index is -0.663. The maximum absolute atomic E-state index is 12.3. The minimum Gasteiger partial charge on any atom is -0.497 e. The molecule has 1 saturated heterocycles. The fraction of sp³-hybridized carbons (Fsp3) is 0.429. The molecule has 36 heavy (non-hydrogen) atoms. The first-order valence-corrected chi connectivity index (χ1v) is 12.5. The third-order valence-corrected chi connectivity index (χ3v) is 7.59. The number of hydrogen-bond donors (Lipinski definition) is 1. The van der Waals surface area contributed by atoms with E-state index < -0.39 is 11.4 Å². The summed E-state index contributed by atoms with van der Waals surface area (Å²) in [6.07, 6.45) is 7.40. The molecule has 1 fully saturated rings. The van der Waals surface area contributed by atoms with Crippen molar-refractivity contribution in [1.82, 2.24) is 9.88 Å². The molecule has 0 radical (unpaired) electrons. The Morgan fingerprint density at radius 2 is 1.81 bits per heavy atom. The number of aromatic nitrogens is 1. The van der Waals surface area contributed by atoms with Gasteiger partial charge in [-0.1, -0.05) is 41.9 Å². The Hall–Kier alpha value is -2.05. The molecule has 196 valence electrons. The number of benzene rings is 2. The third kappa shape index (κ3) is 7.25. The Labute approximate surface area is 231 Å². The fourth-order valence-electron chi connectivity index (χ4n) is 5.11. The van der Waals surface area contributed by atoms with Crippen LogP contribution < -0.4 is 4.74 Å². The van der Waals surface area contributed by atoms with E-state index in [1.54, 1.807) is 13.3 Å². The number of rotatable bonds is 10. The number of nitrogens with zero attached hydrogens (tertiary/aromatic N) is 2. The van der Waals surface area contributed by atoms with Gasteiger partial charge in [-0.05, 0) is 93.9 Å². The van der Waals surface area contributed by atoms with Crippen LogP contribution in [0.1, 0.15) is 43.2 Å². The quantitative estimate of drug-likeness (QED) is 0.297. The molecule has 2 aromatic carbocycles. The van der Waals surface area contributed by atoms with Gasteiger partial charge >= 0.3 is 5.97 Å². The number of ether oxygens (including phenoxy) is 1. The molecule has 8 heteroatoms. The van der Waals surface area contributed by atoms with E-state index in [0.29, 0.717) is 24.3 Å². The molecule has 0 atom stereocenters. The van der Waals surface area contributed by atoms with E-state index in [1.807, 2.05) is 24.3 Å². The number of carboxylic acids is 1. The molecular weight excluding hydrogens is 519 g/mol. The highest BCUT2D eigenvalue weighted by molar-refractivity contribution is 6.32. The molecule has 1 aromatic heterocycles. The normalized spacial score (nSPS) is 15.1.